The van der Waals surface area contributed by atoms with Crippen molar-refractivity contribution in [1.82, 2.24) is 0 Å². The van der Waals surface area contributed by atoms with Crippen molar-refractivity contribution in [2.75, 3.05) is 0 Å². The molecule has 0 spiro atoms. The van der Waals surface area contributed by atoms with Crippen LogP contribution in [0.4, 0.5) is 0 Å². The van der Waals surface area contributed by atoms with Gasteiger partial charge in [0.05, 0.1) is 0 Å². The zero-order valence-corrected chi connectivity index (χ0v) is 3.68. The fraction of sp³-hybridized carbons (Fsp3) is 0. The standard InChI is InChI=1S/C6H4O/c7-6-4-2-1-3-5-6/h1-2,4,7H. The molecule has 34 valence electrons. The molecule has 0 radical (unpaired) electrons. The van der Waals surface area contributed by atoms with Gasteiger partial charge in [-0.15, -0.1) is 0 Å². The van der Waals surface area contributed by atoms with Gasteiger partial charge in [0.1, 0.15) is 0 Å². The van der Waals surface area contributed by atoms with Gasteiger partial charge in [-0.2, -0.15) is 0 Å². The van der Waals surface area contributed by atoms with Crippen LogP contribution in [0.25, 0.3) is 0 Å². The lowest BCUT2D eigenvalue weighted by molar-refractivity contribution is 0.475. The van der Waals surface area contributed by atoms with Gasteiger partial charge in [-0.05, 0) is 24.3 Å². The summed E-state index contributed by atoms with van der Waals surface area (Å²) in [6.45, 7) is 0. The molecule has 0 aliphatic heterocycles. The van der Waals surface area contributed by atoms with Crippen molar-refractivity contribution in [2.45, 2.75) is 0 Å². The van der Waals surface area contributed by atoms with Crippen LogP contribution >= 0.6 is 0 Å². The second kappa shape index (κ2) is 1.53. The third-order valence-corrected chi connectivity index (χ3v) is 0.634. The molecule has 0 bridgehead atoms. The van der Waals surface area contributed by atoms with Gasteiger partial charge in [0.15, 0.2) is 5.75 Å². The maximum atomic E-state index is 8.55. The number of aromatic hydroxyl groups is 1. The van der Waals surface area contributed by atoms with E-state index in [0.717, 1.165) is 0 Å². The molecule has 1 rings (SSSR count). The molecule has 0 aliphatic rings. The first-order chi connectivity index (χ1) is 3.39. The summed E-state index contributed by atoms with van der Waals surface area (Å²) in [6.07, 6.45) is 0. The Labute approximate surface area is 42.2 Å². The van der Waals surface area contributed by atoms with E-state index in [0.29, 0.717) is 0 Å². The van der Waals surface area contributed by atoms with E-state index in [2.05, 4.69) is 12.1 Å². The molecule has 0 amide bonds. The van der Waals surface area contributed by atoms with E-state index in [4.69, 9.17) is 5.11 Å². The smallest absolute Gasteiger partial charge is 0.167 e. The summed E-state index contributed by atoms with van der Waals surface area (Å²) in [5, 5.41) is 8.55. The van der Waals surface area contributed by atoms with Crippen LogP contribution in [-0.4, -0.2) is 5.11 Å². The van der Waals surface area contributed by atoms with Crippen LogP contribution in [-0.2, 0) is 0 Å². The monoisotopic (exact) mass is 92.0 g/mol. The van der Waals surface area contributed by atoms with Gasteiger partial charge in [-0.3, -0.25) is 0 Å². The molecule has 1 N–H and O–H groups in total. The largest absolute Gasteiger partial charge is 0.501 e. The molecule has 1 aromatic carbocycles. The average molecular weight is 92.1 g/mol. The number of hydrogen-bond donors (Lipinski definition) is 1. The van der Waals surface area contributed by atoms with Crippen LogP contribution in [0.3, 0.4) is 0 Å². The predicted molar refractivity (Wildman–Crippen MR) is 25.8 cm³/mol. The Morgan fingerprint density at radius 3 is 2.71 bits per heavy atom. The van der Waals surface area contributed by atoms with Crippen molar-refractivity contribution in [3.05, 3.63) is 30.3 Å². The van der Waals surface area contributed by atoms with Crippen molar-refractivity contribution in [3.8, 4) is 5.75 Å². The summed E-state index contributed by atoms with van der Waals surface area (Å²) in [5.74, 6) is 0.141. The third-order valence-electron chi connectivity index (χ3n) is 0.634. The van der Waals surface area contributed by atoms with Gasteiger partial charge < -0.3 is 5.11 Å². The molecule has 0 fully saturated rings. The first-order valence-electron chi connectivity index (χ1n) is 1.97. The number of hydrogen-bond acceptors (Lipinski definition) is 1. The Balaban J connectivity index is 3.02. The van der Waals surface area contributed by atoms with E-state index in [9.17, 15) is 0 Å². The molecule has 7 heavy (non-hydrogen) atoms. The fourth-order valence-electron chi connectivity index (χ4n) is 0.345. The van der Waals surface area contributed by atoms with Crippen LogP contribution in [0.1, 0.15) is 0 Å². The van der Waals surface area contributed by atoms with Crippen LogP contribution in [0, 0.1) is 12.1 Å². The van der Waals surface area contributed by atoms with E-state index < -0.39 is 0 Å². The molecule has 1 nitrogen and oxygen atoms in total. The molecule has 0 aliphatic carbocycles. The Morgan fingerprint density at radius 2 is 2.43 bits per heavy atom. The third kappa shape index (κ3) is 0.834. The lowest BCUT2D eigenvalue weighted by Crippen LogP contribution is -1.52. The second-order valence-electron chi connectivity index (χ2n) is 1.18. The van der Waals surface area contributed by atoms with Gasteiger partial charge >= 0.3 is 0 Å². The Hall–Kier alpha value is -1.16. The molecule has 0 saturated carbocycles. The van der Waals surface area contributed by atoms with E-state index in [1.807, 2.05) is 0 Å². The average Bonchev–Trinajstić information content (AvgIpc) is 1.69. The van der Waals surface area contributed by atoms with Crippen LogP contribution in [0.15, 0.2) is 18.2 Å². The maximum Gasteiger partial charge on any atom is 0.167 e. The molecule has 1 aromatic rings. The molecular formula is C6H4O. The zero-order chi connectivity index (χ0) is 5.11. The van der Waals surface area contributed by atoms with Crippen molar-refractivity contribution >= 4 is 0 Å². The number of rotatable bonds is 0. The minimum atomic E-state index is 0.141. The summed E-state index contributed by atoms with van der Waals surface area (Å²) >= 11 is 0. The molecule has 0 saturated heterocycles. The summed E-state index contributed by atoms with van der Waals surface area (Å²) in [5.41, 5.74) is 0. The Kier molecular flexibility index (Phi) is 0.874. The Morgan fingerprint density at radius 1 is 1.57 bits per heavy atom. The summed E-state index contributed by atoms with van der Waals surface area (Å²) in [7, 11) is 0. The normalized spacial score (nSPS) is 7.43. The molecule has 0 heterocycles. The van der Waals surface area contributed by atoms with E-state index in [-0.39, 0.29) is 5.75 Å². The van der Waals surface area contributed by atoms with Crippen molar-refractivity contribution in [2.24, 2.45) is 0 Å². The quantitative estimate of drug-likeness (QED) is 0.506. The van der Waals surface area contributed by atoms with Gasteiger partial charge in [-0.25, -0.2) is 0 Å². The van der Waals surface area contributed by atoms with Crippen LogP contribution in [0.2, 0.25) is 0 Å². The second-order valence-corrected chi connectivity index (χ2v) is 1.18. The van der Waals surface area contributed by atoms with E-state index >= 15 is 0 Å². The van der Waals surface area contributed by atoms with Crippen molar-refractivity contribution < 1.29 is 5.11 Å². The SMILES string of the molecule is Oc1c#cccc1. The highest BCUT2D eigenvalue weighted by Crippen LogP contribution is 1.96. The summed E-state index contributed by atoms with van der Waals surface area (Å²) < 4.78 is 0. The minimum absolute atomic E-state index is 0.141. The van der Waals surface area contributed by atoms with Gasteiger partial charge in [-0.1, -0.05) is 6.07 Å². The van der Waals surface area contributed by atoms with Gasteiger partial charge in [0, 0.05) is 0 Å². The van der Waals surface area contributed by atoms with Gasteiger partial charge in [0.2, 0.25) is 0 Å². The van der Waals surface area contributed by atoms with Crippen molar-refractivity contribution in [1.29, 1.82) is 0 Å². The highest BCUT2D eigenvalue weighted by Gasteiger charge is 1.72. The molecule has 1 heteroatoms. The summed E-state index contributed by atoms with van der Waals surface area (Å²) in [6, 6.07) is 9.98. The zero-order valence-electron chi connectivity index (χ0n) is 3.68. The van der Waals surface area contributed by atoms with Crippen LogP contribution < -0.4 is 0 Å². The summed E-state index contributed by atoms with van der Waals surface area (Å²) in [4.78, 5) is 0. The highest BCUT2D eigenvalue weighted by molar-refractivity contribution is 5.11. The minimum Gasteiger partial charge on any atom is -0.501 e. The van der Waals surface area contributed by atoms with Gasteiger partial charge in [0.25, 0.3) is 0 Å². The fourth-order valence-corrected chi connectivity index (χ4v) is 0.345. The lowest BCUT2D eigenvalue weighted by atomic mass is 10.4. The lowest BCUT2D eigenvalue weighted by Gasteiger charge is -1.75. The maximum absolute atomic E-state index is 8.55. The highest BCUT2D eigenvalue weighted by atomic mass is 16.3. The first-order valence-corrected chi connectivity index (χ1v) is 1.97. The first kappa shape index (κ1) is 4.01. The topological polar surface area (TPSA) is 20.2 Å². The Bertz CT molecular complexity index is 134. The predicted octanol–water partition coefficient (Wildman–Crippen LogP) is 0.993. The molecular weight excluding hydrogens is 88.1 g/mol. The van der Waals surface area contributed by atoms with E-state index in [1.165, 1.54) is 0 Å². The molecule has 0 atom stereocenters. The molecule has 0 aromatic heterocycles. The van der Waals surface area contributed by atoms with Crippen LogP contribution in [0.5, 0.6) is 5.75 Å². The van der Waals surface area contributed by atoms with Crippen molar-refractivity contribution in [3.63, 3.8) is 0 Å². The van der Waals surface area contributed by atoms with E-state index in [1.54, 1.807) is 18.2 Å². The molecule has 0 unspecified atom stereocenters.